The number of thiocarbonyl (C=S) groups is 1. The Labute approximate surface area is 167 Å². The number of terminal acetylenes is 1. The molecule has 1 amide bonds. The van der Waals surface area contributed by atoms with E-state index in [9.17, 15) is 4.79 Å². The summed E-state index contributed by atoms with van der Waals surface area (Å²) in [5.41, 5.74) is 3.38. The van der Waals surface area contributed by atoms with Gasteiger partial charge < -0.3 is 10.6 Å². The van der Waals surface area contributed by atoms with E-state index in [4.69, 9.17) is 30.2 Å². The van der Waals surface area contributed by atoms with Gasteiger partial charge in [-0.3, -0.25) is 9.69 Å². The monoisotopic (exact) mass is 406 g/mol. The average Bonchev–Trinajstić information content (AvgIpc) is 3.02. The Kier molecular flexibility index (Phi) is 6.98. The molecule has 0 aliphatic rings. The summed E-state index contributed by atoms with van der Waals surface area (Å²) in [7, 11) is 0. The summed E-state index contributed by atoms with van der Waals surface area (Å²) in [5, 5.41) is 9.31. The molecule has 0 aliphatic heterocycles. The van der Waals surface area contributed by atoms with Gasteiger partial charge in [-0.05, 0) is 43.3 Å². The molecule has 0 aliphatic carbocycles. The first-order chi connectivity index (χ1) is 12.3. The van der Waals surface area contributed by atoms with Crippen molar-refractivity contribution >= 4 is 57.0 Å². The second-order valence-electron chi connectivity index (χ2n) is 5.63. The van der Waals surface area contributed by atoms with E-state index in [1.807, 2.05) is 31.4 Å². The molecule has 0 saturated heterocycles. The molecule has 2 rings (SSSR count). The van der Waals surface area contributed by atoms with Gasteiger partial charge >= 0.3 is 0 Å². The van der Waals surface area contributed by atoms with Crippen molar-refractivity contribution in [2.45, 2.75) is 27.3 Å². The molecule has 0 atom stereocenters. The Hall–Kier alpha value is -2.14. The summed E-state index contributed by atoms with van der Waals surface area (Å²) in [4.78, 5) is 18.4. The van der Waals surface area contributed by atoms with Gasteiger partial charge in [-0.1, -0.05) is 23.6 Å². The second kappa shape index (κ2) is 8.99. The van der Waals surface area contributed by atoms with Crippen molar-refractivity contribution in [2.75, 3.05) is 11.4 Å². The number of carbonyl (C=O) groups excluding carboxylic acids is 1. The molecule has 0 spiro atoms. The van der Waals surface area contributed by atoms with Gasteiger partial charge in [0.15, 0.2) is 10.2 Å². The zero-order valence-electron chi connectivity index (χ0n) is 14.7. The van der Waals surface area contributed by atoms with E-state index in [2.05, 4.69) is 21.5 Å². The Bertz CT molecular complexity index is 849. The fourth-order valence-corrected chi connectivity index (χ4v) is 3.85. The number of thiazole rings is 1. The summed E-state index contributed by atoms with van der Waals surface area (Å²) >= 11 is 12.9. The van der Waals surface area contributed by atoms with Crippen molar-refractivity contribution in [3.8, 4) is 12.3 Å². The van der Waals surface area contributed by atoms with Gasteiger partial charge in [0.2, 0.25) is 5.91 Å². The van der Waals surface area contributed by atoms with Crippen molar-refractivity contribution in [1.82, 2.24) is 15.6 Å². The molecule has 2 aromatic rings. The number of hydrogen-bond donors (Lipinski definition) is 2. The quantitative estimate of drug-likeness (QED) is 0.585. The highest BCUT2D eigenvalue weighted by molar-refractivity contribution is 7.80. The van der Waals surface area contributed by atoms with Gasteiger partial charge in [0.05, 0.1) is 29.5 Å². The average molecular weight is 407 g/mol. The molecule has 1 aromatic heterocycles. The number of hydrogen-bond acceptors (Lipinski definition) is 4. The van der Waals surface area contributed by atoms with E-state index in [-0.39, 0.29) is 5.91 Å². The summed E-state index contributed by atoms with van der Waals surface area (Å²) in [6.45, 7) is 6.17. The van der Waals surface area contributed by atoms with Crippen LogP contribution in [-0.4, -0.2) is 22.5 Å². The third kappa shape index (κ3) is 4.94. The van der Waals surface area contributed by atoms with Crippen LogP contribution in [0.3, 0.4) is 0 Å². The van der Waals surface area contributed by atoms with Crippen LogP contribution in [0.15, 0.2) is 17.5 Å². The van der Waals surface area contributed by atoms with Gasteiger partial charge in [0, 0.05) is 12.3 Å². The van der Waals surface area contributed by atoms with Crippen LogP contribution in [0.1, 0.15) is 23.7 Å². The summed E-state index contributed by atoms with van der Waals surface area (Å²) in [5.74, 6) is 2.30. The van der Waals surface area contributed by atoms with Crippen LogP contribution in [0.2, 0.25) is 5.02 Å². The fraction of sp³-hybridized carbons (Fsp3) is 0.278. The number of anilines is 2. The molecule has 5 nitrogen and oxygen atoms in total. The molecule has 136 valence electrons. The molecule has 0 saturated carbocycles. The third-order valence-electron chi connectivity index (χ3n) is 3.45. The first kappa shape index (κ1) is 20.2. The summed E-state index contributed by atoms with van der Waals surface area (Å²) < 4.78 is 0. The van der Waals surface area contributed by atoms with Gasteiger partial charge in [0.25, 0.3) is 0 Å². The highest BCUT2D eigenvalue weighted by Crippen LogP contribution is 2.37. The van der Waals surface area contributed by atoms with Crippen molar-refractivity contribution < 1.29 is 4.79 Å². The van der Waals surface area contributed by atoms with E-state index < -0.39 is 0 Å². The Balaban J connectivity index is 2.23. The van der Waals surface area contributed by atoms with E-state index in [1.165, 1.54) is 18.3 Å². The number of aryl methyl sites for hydroxylation is 2. The SMILES string of the molecule is C#CCNC(=S)NCc1csc(N(C(C)=O)c2c(C)cc(C)cc2Cl)n1. The molecule has 26 heavy (non-hydrogen) atoms. The van der Waals surface area contributed by atoms with Gasteiger partial charge in [0.1, 0.15) is 0 Å². The smallest absolute Gasteiger partial charge is 0.230 e. The van der Waals surface area contributed by atoms with Crippen molar-refractivity contribution in [3.63, 3.8) is 0 Å². The molecule has 0 fully saturated rings. The zero-order chi connectivity index (χ0) is 19.3. The van der Waals surface area contributed by atoms with E-state index in [0.717, 1.165) is 16.8 Å². The number of benzene rings is 1. The normalized spacial score (nSPS) is 10.1. The van der Waals surface area contributed by atoms with Crippen LogP contribution in [0.25, 0.3) is 0 Å². The minimum absolute atomic E-state index is 0.154. The Morgan fingerprint density at radius 2 is 2.15 bits per heavy atom. The number of halogens is 1. The molecule has 0 bridgehead atoms. The molecule has 1 heterocycles. The number of aromatic nitrogens is 1. The highest BCUT2D eigenvalue weighted by atomic mass is 35.5. The Morgan fingerprint density at radius 1 is 1.42 bits per heavy atom. The minimum Gasteiger partial charge on any atom is -0.357 e. The van der Waals surface area contributed by atoms with Crippen LogP contribution in [0, 0.1) is 26.2 Å². The summed E-state index contributed by atoms with van der Waals surface area (Å²) in [6.07, 6.45) is 5.18. The molecule has 0 radical (unpaired) electrons. The second-order valence-corrected chi connectivity index (χ2v) is 7.28. The zero-order valence-corrected chi connectivity index (χ0v) is 17.1. The first-order valence-corrected chi connectivity index (χ1v) is 9.47. The van der Waals surface area contributed by atoms with Crippen LogP contribution in [-0.2, 0) is 11.3 Å². The minimum atomic E-state index is -0.154. The highest BCUT2D eigenvalue weighted by Gasteiger charge is 2.22. The van der Waals surface area contributed by atoms with Crippen LogP contribution in [0.5, 0.6) is 0 Å². The number of rotatable bonds is 5. The maximum Gasteiger partial charge on any atom is 0.230 e. The topological polar surface area (TPSA) is 57.3 Å². The molecular weight excluding hydrogens is 388 g/mol. The van der Waals surface area contributed by atoms with Gasteiger partial charge in [-0.25, -0.2) is 4.98 Å². The Morgan fingerprint density at radius 3 is 2.77 bits per heavy atom. The number of carbonyl (C=O) groups is 1. The lowest BCUT2D eigenvalue weighted by atomic mass is 10.1. The number of nitrogens with zero attached hydrogens (tertiary/aromatic N) is 2. The molecular formula is C18H19ClN4OS2. The lowest BCUT2D eigenvalue weighted by Crippen LogP contribution is -2.35. The largest absolute Gasteiger partial charge is 0.357 e. The van der Waals surface area contributed by atoms with Crippen molar-refractivity contribution in [2.24, 2.45) is 0 Å². The van der Waals surface area contributed by atoms with Gasteiger partial charge in [-0.2, -0.15) is 0 Å². The van der Waals surface area contributed by atoms with Crippen LogP contribution in [0.4, 0.5) is 10.8 Å². The van der Waals surface area contributed by atoms with Crippen LogP contribution >= 0.6 is 35.2 Å². The van der Waals surface area contributed by atoms with Crippen molar-refractivity contribution in [1.29, 1.82) is 0 Å². The number of amides is 1. The molecule has 2 N–H and O–H groups in total. The van der Waals surface area contributed by atoms with E-state index >= 15 is 0 Å². The predicted molar refractivity (Wildman–Crippen MR) is 112 cm³/mol. The predicted octanol–water partition coefficient (Wildman–Crippen LogP) is 3.70. The lowest BCUT2D eigenvalue weighted by Gasteiger charge is -2.22. The molecule has 8 heteroatoms. The van der Waals surface area contributed by atoms with Gasteiger partial charge in [-0.15, -0.1) is 17.8 Å². The fourth-order valence-electron chi connectivity index (χ4n) is 2.42. The van der Waals surface area contributed by atoms with Crippen LogP contribution < -0.4 is 15.5 Å². The maximum absolute atomic E-state index is 12.3. The lowest BCUT2D eigenvalue weighted by molar-refractivity contribution is -0.115. The first-order valence-electron chi connectivity index (χ1n) is 7.80. The van der Waals surface area contributed by atoms with Crippen molar-refractivity contribution in [3.05, 3.63) is 39.4 Å². The molecule has 0 unspecified atom stereocenters. The maximum atomic E-state index is 12.3. The standard InChI is InChI=1S/C18H19ClN4OS2/c1-5-6-20-17(25)21-9-14-10-26-18(22-14)23(13(4)24)16-12(3)7-11(2)8-15(16)19/h1,7-8,10H,6,9H2,2-4H3,(H2,20,21,25). The molecule has 1 aromatic carbocycles. The summed E-state index contributed by atoms with van der Waals surface area (Å²) in [6, 6.07) is 3.83. The van der Waals surface area contributed by atoms with E-state index in [1.54, 1.807) is 4.90 Å². The third-order valence-corrected chi connectivity index (χ3v) is 4.90. The van der Waals surface area contributed by atoms with E-state index in [0.29, 0.717) is 34.0 Å². The number of nitrogens with one attached hydrogen (secondary N) is 2.